The molecular formula is C14H17N. The van der Waals surface area contributed by atoms with Gasteiger partial charge in [-0.1, -0.05) is 24.5 Å². The molecule has 0 aromatic heterocycles. The van der Waals surface area contributed by atoms with E-state index in [-0.39, 0.29) is 0 Å². The van der Waals surface area contributed by atoms with E-state index in [0.717, 1.165) is 18.5 Å². The van der Waals surface area contributed by atoms with Gasteiger partial charge in [-0.05, 0) is 48.9 Å². The van der Waals surface area contributed by atoms with E-state index < -0.39 is 0 Å². The summed E-state index contributed by atoms with van der Waals surface area (Å²) in [5.41, 5.74) is 8.39. The van der Waals surface area contributed by atoms with Crippen LogP contribution in [0.15, 0.2) is 24.3 Å². The van der Waals surface area contributed by atoms with Crippen LogP contribution < -0.4 is 5.73 Å². The van der Waals surface area contributed by atoms with Gasteiger partial charge in [-0.25, -0.2) is 0 Å². The maximum absolute atomic E-state index is 5.69. The van der Waals surface area contributed by atoms with Gasteiger partial charge in [0.2, 0.25) is 0 Å². The van der Waals surface area contributed by atoms with E-state index in [1.54, 1.807) is 0 Å². The number of hydrogen-bond donors (Lipinski definition) is 1. The summed E-state index contributed by atoms with van der Waals surface area (Å²) in [5.74, 6) is 2.70. The van der Waals surface area contributed by atoms with Crippen LogP contribution in [0.2, 0.25) is 0 Å². The molecule has 0 amide bonds. The zero-order valence-electron chi connectivity index (χ0n) is 9.00. The van der Waals surface area contributed by atoms with Crippen molar-refractivity contribution in [2.45, 2.75) is 31.1 Å². The van der Waals surface area contributed by atoms with Gasteiger partial charge in [0.05, 0.1) is 0 Å². The van der Waals surface area contributed by atoms with Crippen molar-refractivity contribution in [3.63, 3.8) is 0 Å². The Kier molecular flexibility index (Phi) is 2.79. The first-order valence-electron chi connectivity index (χ1n) is 5.58. The molecule has 2 N–H and O–H groups in total. The van der Waals surface area contributed by atoms with Crippen LogP contribution in [-0.2, 0) is 5.41 Å². The van der Waals surface area contributed by atoms with Gasteiger partial charge in [-0.15, -0.1) is 6.42 Å². The molecule has 1 fully saturated rings. The highest BCUT2D eigenvalue weighted by Crippen LogP contribution is 2.46. The average Bonchev–Trinajstić information content (AvgIpc) is 2.23. The molecule has 0 radical (unpaired) electrons. The number of terminal acetylenes is 1. The molecule has 1 aliphatic rings. The summed E-state index contributed by atoms with van der Waals surface area (Å²) in [5, 5.41) is 0. The molecule has 1 aliphatic carbocycles. The minimum absolute atomic E-state index is 0.335. The first-order chi connectivity index (χ1) is 7.30. The third kappa shape index (κ3) is 1.78. The molecule has 1 nitrogen and oxygen atoms in total. The molecule has 0 spiro atoms. The van der Waals surface area contributed by atoms with E-state index in [9.17, 15) is 0 Å². The SMILES string of the molecule is C#Cc1cccc(C2(CCN)CCC2)c1. The summed E-state index contributed by atoms with van der Waals surface area (Å²) in [6.45, 7) is 0.764. The van der Waals surface area contributed by atoms with Gasteiger partial charge in [0, 0.05) is 5.56 Å². The lowest BCUT2D eigenvalue weighted by atomic mass is 9.62. The third-order valence-electron chi connectivity index (χ3n) is 3.58. The second kappa shape index (κ2) is 4.08. The Morgan fingerprint density at radius 1 is 1.40 bits per heavy atom. The van der Waals surface area contributed by atoms with Crippen LogP contribution in [0.3, 0.4) is 0 Å². The molecule has 15 heavy (non-hydrogen) atoms. The Bertz CT molecular complexity index is 383. The maximum Gasteiger partial charge on any atom is 0.0245 e. The molecule has 78 valence electrons. The quantitative estimate of drug-likeness (QED) is 0.743. The first kappa shape index (κ1) is 10.3. The van der Waals surface area contributed by atoms with Crippen molar-refractivity contribution >= 4 is 0 Å². The topological polar surface area (TPSA) is 26.0 Å². The normalized spacial score (nSPS) is 17.9. The summed E-state index contributed by atoms with van der Waals surface area (Å²) in [4.78, 5) is 0. The molecule has 0 saturated heterocycles. The van der Waals surface area contributed by atoms with Crippen molar-refractivity contribution in [1.29, 1.82) is 0 Å². The van der Waals surface area contributed by atoms with Crippen molar-refractivity contribution < 1.29 is 0 Å². The van der Waals surface area contributed by atoms with E-state index in [1.807, 2.05) is 6.07 Å². The minimum Gasteiger partial charge on any atom is -0.330 e. The van der Waals surface area contributed by atoms with Crippen LogP contribution in [0.1, 0.15) is 36.8 Å². The molecule has 0 bridgehead atoms. The maximum atomic E-state index is 5.69. The van der Waals surface area contributed by atoms with Crippen molar-refractivity contribution in [2.75, 3.05) is 6.54 Å². The second-order valence-corrected chi connectivity index (χ2v) is 4.40. The van der Waals surface area contributed by atoms with Gasteiger partial charge in [-0.3, -0.25) is 0 Å². The molecule has 1 aromatic rings. The highest BCUT2D eigenvalue weighted by atomic mass is 14.6. The number of nitrogens with two attached hydrogens (primary N) is 1. The predicted molar refractivity (Wildman–Crippen MR) is 63.6 cm³/mol. The average molecular weight is 199 g/mol. The highest BCUT2D eigenvalue weighted by molar-refractivity contribution is 5.39. The van der Waals surface area contributed by atoms with Gasteiger partial charge in [0.25, 0.3) is 0 Å². The van der Waals surface area contributed by atoms with Crippen molar-refractivity contribution in [1.82, 2.24) is 0 Å². The van der Waals surface area contributed by atoms with Crippen molar-refractivity contribution in [2.24, 2.45) is 5.73 Å². The smallest absolute Gasteiger partial charge is 0.0245 e. The van der Waals surface area contributed by atoms with Gasteiger partial charge in [-0.2, -0.15) is 0 Å². The summed E-state index contributed by atoms with van der Waals surface area (Å²) in [6.07, 6.45) is 10.3. The Morgan fingerprint density at radius 2 is 2.20 bits per heavy atom. The lowest BCUT2D eigenvalue weighted by Gasteiger charge is -2.42. The van der Waals surface area contributed by atoms with E-state index in [2.05, 4.69) is 24.1 Å². The molecule has 1 aromatic carbocycles. The molecular weight excluding hydrogens is 182 g/mol. The van der Waals surface area contributed by atoms with Crippen LogP contribution in [0.4, 0.5) is 0 Å². The lowest BCUT2D eigenvalue weighted by Crippen LogP contribution is -2.36. The van der Waals surface area contributed by atoms with Gasteiger partial charge < -0.3 is 5.73 Å². The summed E-state index contributed by atoms with van der Waals surface area (Å²) < 4.78 is 0. The van der Waals surface area contributed by atoms with E-state index in [4.69, 9.17) is 12.2 Å². The number of benzene rings is 1. The van der Waals surface area contributed by atoms with Crippen LogP contribution in [-0.4, -0.2) is 6.54 Å². The van der Waals surface area contributed by atoms with Crippen LogP contribution >= 0.6 is 0 Å². The fourth-order valence-corrected chi connectivity index (χ4v) is 2.50. The molecule has 0 unspecified atom stereocenters. The molecule has 1 heteroatoms. The van der Waals surface area contributed by atoms with Crippen LogP contribution in [0, 0.1) is 12.3 Å². The largest absolute Gasteiger partial charge is 0.330 e. The third-order valence-corrected chi connectivity index (χ3v) is 3.58. The van der Waals surface area contributed by atoms with Gasteiger partial charge in [0.1, 0.15) is 0 Å². The summed E-state index contributed by atoms with van der Waals surface area (Å²) in [6, 6.07) is 8.38. The Balaban J connectivity index is 2.31. The monoisotopic (exact) mass is 199 g/mol. The van der Waals surface area contributed by atoms with Gasteiger partial charge in [0.15, 0.2) is 0 Å². The van der Waals surface area contributed by atoms with Crippen LogP contribution in [0.5, 0.6) is 0 Å². The second-order valence-electron chi connectivity index (χ2n) is 4.40. The van der Waals surface area contributed by atoms with E-state index in [0.29, 0.717) is 5.41 Å². The minimum atomic E-state index is 0.335. The van der Waals surface area contributed by atoms with E-state index in [1.165, 1.54) is 24.8 Å². The van der Waals surface area contributed by atoms with Crippen molar-refractivity contribution in [3.05, 3.63) is 35.4 Å². The van der Waals surface area contributed by atoms with E-state index >= 15 is 0 Å². The lowest BCUT2D eigenvalue weighted by molar-refractivity contribution is 0.229. The molecule has 1 saturated carbocycles. The van der Waals surface area contributed by atoms with Crippen LogP contribution in [0.25, 0.3) is 0 Å². The van der Waals surface area contributed by atoms with Crippen molar-refractivity contribution in [3.8, 4) is 12.3 Å². The Hall–Kier alpha value is -1.26. The summed E-state index contributed by atoms with van der Waals surface area (Å²) >= 11 is 0. The molecule has 0 heterocycles. The molecule has 0 aliphatic heterocycles. The Labute approximate surface area is 91.7 Å². The van der Waals surface area contributed by atoms with Gasteiger partial charge >= 0.3 is 0 Å². The zero-order valence-corrected chi connectivity index (χ0v) is 9.00. The number of rotatable bonds is 3. The Morgan fingerprint density at radius 3 is 2.73 bits per heavy atom. The number of hydrogen-bond acceptors (Lipinski definition) is 1. The highest BCUT2D eigenvalue weighted by Gasteiger charge is 2.37. The first-order valence-corrected chi connectivity index (χ1v) is 5.58. The zero-order chi connectivity index (χ0) is 10.7. The fraction of sp³-hybridized carbons (Fsp3) is 0.429. The molecule has 0 atom stereocenters. The fourth-order valence-electron chi connectivity index (χ4n) is 2.50. The standard InChI is InChI=1S/C14H17N/c1-2-12-5-3-6-13(11-12)14(9-10-15)7-4-8-14/h1,3,5-6,11H,4,7-10,15H2. The molecule has 2 rings (SSSR count). The summed E-state index contributed by atoms with van der Waals surface area (Å²) in [7, 11) is 0. The predicted octanol–water partition coefficient (Wildman–Crippen LogP) is 2.44.